The molecule has 0 saturated carbocycles. The van der Waals surface area contributed by atoms with Gasteiger partial charge in [0, 0.05) is 12.1 Å². The van der Waals surface area contributed by atoms with Crippen molar-refractivity contribution in [3.8, 4) is 16.9 Å². The molecule has 0 aliphatic rings. The van der Waals surface area contributed by atoms with Gasteiger partial charge >= 0.3 is 0 Å². The van der Waals surface area contributed by atoms with E-state index in [0.717, 1.165) is 22.4 Å². The van der Waals surface area contributed by atoms with Crippen LogP contribution in [0.2, 0.25) is 0 Å². The highest BCUT2D eigenvalue weighted by atomic mass is 35.5. The second-order valence-corrected chi connectivity index (χ2v) is 6.13. The highest BCUT2D eigenvalue weighted by molar-refractivity contribution is 5.85. The average Bonchev–Trinajstić information content (AvgIpc) is 2.61. The topological polar surface area (TPSA) is 35.2 Å². The van der Waals surface area contributed by atoms with Crippen LogP contribution in [0.25, 0.3) is 11.1 Å². The van der Waals surface area contributed by atoms with Crippen LogP contribution in [-0.2, 0) is 13.2 Å². The Labute approximate surface area is 156 Å². The van der Waals surface area contributed by atoms with Crippen molar-refractivity contribution in [3.05, 3.63) is 89.0 Å². The maximum absolute atomic E-state index is 6.08. The summed E-state index contributed by atoms with van der Waals surface area (Å²) in [5, 5.41) is 0. The number of halogens is 1. The molecule has 25 heavy (non-hydrogen) atoms. The Kier molecular flexibility index (Phi) is 6.63. The van der Waals surface area contributed by atoms with E-state index >= 15 is 0 Å². The third kappa shape index (κ3) is 4.62. The summed E-state index contributed by atoms with van der Waals surface area (Å²) >= 11 is 0. The minimum atomic E-state index is 0. The van der Waals surface area contributed by atoms with Gasteiger partial charge in [0.1, 0.15) is 12.4 Å². The van der Waals surface area contributed by atoms with Gasteiger partial charge in [0.15, 0.2) is 0 Å². The van der Waals surface area contributed by atoms with Crippen LogP contribution in [0.5, 0.6) is 5.75 Å². The molecule has 0 heterocycles. The molecule has 2 nitrogen and oxygen atoms in total. The van der Waals surface area contributed by atoms with Gasteiger partial charge in [0.25, 0.3) is 0 Å². The fourth-order valence-corrected chi connectivity index (χ4v) is 2.93. The van der Waals surface area contributed by atoms with Gasteiger partial charge in [-0.05, 0) is 48.2 Å². The number of nitrogens with two attached hydrogens (primary N) is 1. The molecule has 0 saturated heterocycles. The summed E-state index contributed by atoms with van der Waals surface area (Å²) < 4.78 is 6.08. The molecular weight excluding hydrogens is 330 g/mol. The Hall–Kier alpha value is -2.29. The van der Waals surface area contributed by atoms with Crippen LogP contribution in [0.4, 0.5) is 0 Å². The molecule has 130 valence electrons. The summed E-state index contributed by atoms with van der Waals surface area (Å²) in [6, 6.07) is 23.0. The predicted molar refractivity (Wildman–Crippen MR) is 107 cm³/mol. The zero-order valence-electron chi connectivity index (χ0n) is 14.7. The van der Waals surface area contributed by atoms with Crippen LogP contribution >= 0.6 is 12.4 Å². The molecule has 0 aromatic heterocycles. The van der Waals surface area contributed by atoms with Crippen LogP contribution in [0.3, 0.4) is 0 Å². The Morgan fingerprint density at radius 2 is 1.60 bits per heavy atom. The molecule has 3 rings (SSSR count). The minimum Gasteiger partial charge on any atom is -0.488 e. The van der Waals surface area contributed by atoms with Gasteiger partial charge in [-0.3, -0.25) is 0 Å². The monoisotopic (exact) mass is 353 g/mol. The fraction of sp³-hybridized carbons (Fsp3) is 0.182. The summed E-state index contributed by atoms with van der Waals surface area (Å²) in [5.41, 5.74) is 12.9. The molecule has 3 aromatic rings. The molecule has 0 bridgehead atoms. The van der Waals surface area contributed by atoms with Gasteiger partial charge in [-0.2, -0.15) is 0 Å². The minimum absolute atomic E-state index is 0. The lowest BCUT2D eigenvalue weighted by atomic mass is 9.98. The number of benzene rings is 3. The largest absolute Gasteiger partial charge is 0.488 e. The van der Waals surface area contributed by atoms with E-state index in [0.29, 0.717) is 13.2 Å². The first-order chi connectivity index (χ1) is 11.7. The summed E-state index contributed by atoms with van der Waals surface area (Å²) in [4.78, 5) is 0. The van der Waals surface area contributed by atoms with Crippen molar-refractivity contribution in [2.24, 2.45) is 5.73 Å². The van der Waals surface area contributed by atoms with Crippen molar-refractivity contribution in [1.29, 1.82) is 0 Å². The molecule has 0 spiro atoms. The molecule has 3 heteroatoms. The van der Waals surface area contributed by atoms with E-state index in [1.54, 1.807) is 0 Å². The van der Waals surface area contributed by atoms with E-state index in [1.165, 1.54) is 16.7 Å². The number of rotatable bonds is 5. The van der Waals surface area contributed by atoms with Gasteiger partial charge < -0.3 is 10.5 Å². The quantitative estimate of drug-likeness (QED) is 0.663. The molecule has 2 N–H and O–H groups in total. The summed E-state index contributed by atoms with van der Waals surface area (Å²) in [6.45, 7) is 5.21. The Morgan fingerprint density at radius 1 is 0.840 bits per heavy atom. The normalized spacial score (nSPS) is 10.2. The second kappa shape index (κ2) is 8.70. The first kappa shape index (κ1) is 19.0. The van der Waals surface area contributed by atoms with Crippen LogP contribution in [-0.4, -0.2) is 0 Å². The van der Waals surface area contributed by atoms with Crippen LogP contribution < -0.4 is 10.5 Å². The highest BCUT2D eigenvalue weighted by Gasteiger charge is 2.10. The number of hydrogen-bond acceptors (Lipinski definition) is 2. The van der Waals surface area contributed by atoms with Gasteiger partial charge in [-0.25, -0.2) is 0 Å². The van der Waals surface area contributed by atoms with E-state index in [4.69, 9.17) is 10.5 Å². The molecule has 0 radical (unpaired) electrons. The molecule has 0 amide bonds. The first-order valence-electron chi connectivity index (χ1n) is 8.24. The van der Waals surface area contributed by atoms with E-state index in [9.17, 15) is 0 Å². The predicted octanol–water partition coefficient (Wildman–Crippen LogP) is 5.43. The molecule has 0 aliphatic heterocycles. The number of aryl methyl sites for hydroxylation is 2. The standard InChI is InChI=1S/C22H23NO.ClH/c1-16-7-6-10-19(11-16)20-12-17(2)22(21(13-20)14-23)24-15-18-8-4-3-5-9-18;/h3-13H,14-15,23H2,1-2H3;1H. The van der Waals surface area contributed by atoms with Gasteiger partial charge in [-0.15, -0.1) is 12.4 Å². The fourth-order valence-electron chi connectivity index (χ4n) is 2.93. The van der Waals surface area contributed by atoms with Crippen molar-refractivity contribution in [2.45, 2.75) is 27.0 Å². The van der Waals surface area contributed by atoms with Gasteiger partial charge in [0.2, 0.25) is 0 Å². The molecule has 0 aliphatic carbocycles. The lowest BCUT2D eigenvalue weighted by Gasteiger charge is -2.16. The summed E-state index contributed by atoms with van der Waals surface area (Å²) in [7, 11) is 0. The third-order valence-electron chi connectivity index (χ3n) is 4.15. The Bertz CT molecular complexity index is 831. The van der Waals surface area contributed by atoms with E-state index < -0.39 is 0 Å². The third-order valence-corrected chi connectivity index (χ3v) is 4.15. The Morgan fingerprint density at radius 3 is 2.28 bits per heavy atom. The van der Waals surface area contributed by atoms with Crippen molar-refractivity contribution in [1.82, 2.24) is 0 Å². The number of ether oxygens (including phenoxy) is 1. The van der Waals surface area contributed by atoms with Crippen LogP contribution in [0, 0.1) is 13.8 Å². The maximum Gasteiger partial charge on any atom is 0.127 e. The average molecular weight is 354 g/mol. The van der Waals surface area contributed by atoms with E-state index in [1.807, 2.05) is 18.2 Å². The smallest absolute Gasteiger partial charge is 0.127 e. The van der Waals surface area contributed by atoms with E-state index in [-0.39, 0.29) is 12.4 Å². The van der Waals surface area contributed by atoms with Crippen LogP contribution in [0.15, 0.2) is 66.7 Å². The Balaban J connectivity index is 0.00000225. The van der Waals surface area contributed by atoms with Gasteiger partial charge in [-0.1, -0.05) is 60.2 Å². The summed E-state index contributed by atoms with van der Waals surface area (Å²) in [5.74, 6) is 0.901. The molecular formula is C22H24ClNO. The lowest BCUT2D eigenvalue weighted by Crippen LogP contribution is -2.05. The zero-order valence-corrected chi connectivity index (χ0v) is 15.5. The van der Waals surface area contributed by atoms with Crippen molar-refractivity contribution in [3.63, 3.8) is 0 Å². The zero-order chi connectivity index (χ0) is 16.9. The van der Waals surface area contributed by atoms with Gasteiger partial charge in [0.05, 0.1) is 0 Å². The highest BCUT2D eigenvalue weighted by Crippen LogP contribution is 2.31. The molecule has 3 aromatic carbocycles. The second-order valence-electron chi connectivity index (χ2n) is 6.13. The van der Waals surface area contributed by atoms with Crippen molar-refractivity contribution >= 4 is 12.4 Å². The SMILES string of the molecule is Cc1cccc(-c2cc(C)c(OCc3ccccc3)c(CN)c2)c1.Cl. The van der Waals surface area contributed by atoms with Crippen molar-refractivity contribution in [2.75, 3.05) is 0 Å². The number of hydrogen-bond donors (Lipinski definition) is 1. The van der Waals surface area contributed by atoms with E-state index in [2.05, 4.69) is 62.4 Å². The first-order valence-corrected chi connectivity index (χ1v) is 8.24. The molecule has 0 unspecified atom stereocenters. The molecule has 0 atom stereocenters. The lowest BCUT2D eigenvalue weighted by molar-refractivity contribution is 0.301. The maximum atomic E-state index is 6.08. The molecule has 0 fully saturated rings. The summed E-state index contributed by atoms with van der Waals surface area (Å²) in [6.07, 6.45) is 0. The van der Waals surface area contributed by atoms with Crippen LogP contribution in [0.1, 0.15) is 22.3 Å². The van der Waals surface area contributed by atoms with Crippen molar-refractivity contribution < 1.29 is 4.74 Å².